The molecule has 106 valence electrons. The van der Waals surface area contributed by atoms with Crippen LogP contribution in [0.2, 0.25) is 0 Å². The highest BCUT2D eigenvalue weighted by Crippen LogP contribution is 2.24. The number of hydrogen-bond donors (Lipinski definition) is 1. The van der Waals surface area contributed by atoms with Gasteiger partial charge in [-0.3, -0.25) is 9.69 Å². The number of nitrogens with zero attached hydrogens (tertiary/aromatic N) is 2. The van der Waals surface area contributed by atoms with Crippen LogP contribution in [-0.4, -0.2) is 35.4 Å². The molecule has 0 aliphatic carbocycles. The Morgan fingerprint density at radius 1 is 1.35 bits per heavy atom. The number of anilines is 1. The van der Waals surface area contributed by atoms with Crippen molar-refractivity contribution in [3.63, 3.8) is 0 Å². The molecule has 1 N–H and O–H groups in total. The summed E-state index contributed by atoms with van der Waals surface area (Å²) in [7, 11) is 1.93. The Hall–Kier alpha value is -1.72. The van der Waals surface area contributed by atoms with Crippen molar-refractivity contribution < 1.29 is 4.79 Å². The Balaban J connectivity index is 1.98. The number of thiazole rings is 1. The first-order chi connectivity index (χ1) is 9.56. The SMILES string of the molecule is CC(C)N(C)CC(=O)Nc1nc(-c2ccccc2)cs1. The quantitative estimate of drug-likeness (QED) is 0.920. The summed E-state index contributed by atoms with van der Waals surface area (Å²) in [6, 6.07) is 10.3. The Bertz CT molecular complexity index is 566. The lowest BCUT2D eigenvalue weighted by Crippen LogP contribution is -2.34. The fourth-order valence-electron chi connectivity index (χ4n) is 1.64. The lowest BCUT2D eigenvalue weighted by Gasteiger charge is -2.19. The molecule has 0 bridgehead atoms. The molecule has 1 aromatic carbocycles. The van der Waals surface area contributed by atoms with Gasteiger partial charge in [0.1, 0.15) is 0 Å². The summed E-state index contributed by atoms with van der Waals surface area (Å²) >= 11 is 1.45. The molecule has 1 amide bonds. The normalized spacial score (nSPS) is 11.1. The van der Waals surface area contributed by atoms with Crippen molar-refractivity contribution in [2.24, 2.45) is 0 Å². The van der Waals surface area contributed by atoms with Crippen LogP contribution in [0.15, 0.2) is 35.7 Å². The summed E-state index contributed by atoms with van der Waals surface area (Å²) in [6.07, 6.45) is 0. The number of benzene rings is 1. The number of nitrogens with one attached hydrogen (secondary N) is 1. The Kier molecular flexibility index (Phi) is 4.87. The topological polar surface area (TPSA) is 45.2 Å². The van der Waals surface area contributed by atoms with Gasteiger partial charge in [0.05, 0.1) is 12.2 Å². The minimum atomic E-state index is -0.0323. The number of carbonyl (C=O) groups is 1. The van der Waals surface area contributed by atoms with Gasteiger partial charge < -0.3 is 5.32 Å². The first kappa shape index (κ1) is 14.7. The van der Waals surface area contributed by atoms with E-state index in [-0.39, 0.29) is 5.91 Å². The van der Waals surface area contributed by atoms with Crippen LogP contribution in [0.4, 0.5) is 5.13 Å². The molecule has 20 heavy (non-hydrogen) atoms. The molecule has 4 nitrogen and oxygen atoms in total. The molecule has 0 unspecified atom stereocenters. The van der Waals surface area contributed by atoms with E-state index in [1.807, 2.05) is 47.7 Å². The summed E-state index contributed by atoms with van der Waals surface area (Å²) in [6.45, 7) is 4.49. The lowest BCUT2D eigenvalue weighted by atomic mass is 10.2. The number of amides is 1. The molecule has 5 heteroatoms. The maximum absolute atomic E-state index is 11.9. The summed E-state index contributed by atoms with van der Waals surface area (Å²) < 4.78 is 0. The average molecular weight is 289 g/mol. The molecule has 0 atom stereocenters. The third-order valence-electron chi connectivity index (χ3n) is 3.09. The summed E-state index contributed by atoms with van der Waals surface area (Å²) in [5, 5.41) is 5.44. The van der Waals surface area contributed by atoms with E-state index in [4.69, 9.17) is 0 Å². The fraction of sp³-hybridized carbons (Fsp3) is 0.333. The summed E-state index contributed by atoms with van der Waals surface area (Å²) in [5.41, 5.74) is 1.95. The number of rotatable bonds is 5. The van der Waals surface area contributed by atoms with Crippen LogP contribution in [0, 0.1) is 0 Å². The molecule has 0 saturated heterocycles. The first-order valence-corrected chi connectivity index (χ1v) is 7.45. The molecule has 0 aliphatic rings. The number of aromatic nitrogens is 1. The molecule has 0 saturated carbocycles. The van der Waals surface area contributed by atoms with Crippen molar-refractivity contribution in [2.45, 2.75) is 19.9 Å². The van der Waals surface area contributed by atoms with Crippen molar-refractivity contribution >= 4 is 22.4 Å². The predicted molar refractivity (Wildman–Crippen MR) is 83.9 cm³/mol. The van der Waals surface area contributed by atoms with Gasteiger partial charge >= 0.3 is 0 Å². The van der Waals surface area contributed by atoms with Gasteiger partial charge in [0.2, 0.25) is 5.91 Å². The van der Waals surface area contributed by atoms with Gasteiger partial charge in [-0.15, -0.1) is 11.3 Å². The van der Waals surface area contributed by atoms with E-state index >= 15 is 0 Å². The van der Waals surface area contributed by atoms with Crippen LogP contribution >= 0.6 is 11.3 Å². The molecular weight excluding hydrogens is 270 g/mol. The maximum atomic E-state index is 11.9. The second-order valence-electron chi connectivity index (χ2n) is 4.96. The Morgan fingerprint density at radius 2 is 2.05 bits per heavy atom. The second kappa shape index (κ2) is 6.63. The van der Waals surface area contributed by atoms with E-state index in [2.05, 4.69) is 24.1 Å². The zero-order chi connectivity index (χ0) is 14.5. The Labute approximate surface area is 123 Å². The van der Waals surface area contributed by atoms with Crippen molar-refractivity contribution in [2.75, 3.05) is 18.9 Å². The monoisotopic (exact) mass is 289 g/mol. The van der Waals surface area contributed by atoms with Crippen LogP contribution in [0.3, 0.4) is 0 Å². The van der Waals surface area contributed by atoms with E-state index in [0.717, 1.165) is 11.3 Å². The molecule has 0 fully saturated rings. The van der Waals surface area contributed by atoms with Gasteiger partial charge in [-0.05, 0) is 20.9 Å². The van der Waals surface area contributed by atoms with Crippen molar-refractivity contribution in [3.8, 4) is 11.3 Å². The standard InChI is InChI=1S/C15H19N3OS/c1-11(2)18(3)9-14(19)17-15-16-13(10-20-15)12-7-5-4-6-8-12/h4-8,10-11H,9H2,1-3H3,(H,16,17,19). The zero-order valence-electron chi connectivity index (χ0n) is 12.0. The number of likely N-dealkylation sites (N-methyl/N-ethyl adjacent to an activating group) is 1. The zero-order valence-corrected chi connectivity index (χ0v) is 12.8. The van der Waals surface area contributed by atoms with Gasteiger partial charge in [-0.25, -0.2) is 4.98 Å². The van der Waals surface area contributed by atoms with Crippen LogP contribution in [-0.2, 0) is 4.79 Å². The van der Waals surface area contributed by atoms with E-state index in [0.29, 0.717) is 17.7 Å². The van der Waals surface area contributed by atoms with Crippen LogP contribution in [0.1, 0.15) is 13.8 Å². The van der Waals surface area contributed by atoms with Gasteiger partial charge in [-0.2, -0.15) is 0 Å². The molecule has 0 spiro atoms. The van der Waals surface area contributed by atoms with Gasteiger partial charge in [0.15, 0.2) is 5.13 Å². The third kappa shape index (κ3) is 3.88. The molecule has 2 aromatic rings. The molecule has 2 rings (SSSR count). The third-order valence-corrected chi connectivity index (χ3v) is 3.85. The second-order valence-corrected chi connectivity index (χ2v) is 5.82. The minimum Gasteiger partial charge on any atom is -0.301 e. The highest BCUT2D eigenvalue weighted by Gasteiger charge is 2.11. The number of hydrogen-bond acceptors (Lipinski definition) is 4. The van der Waals surface area contributed by atoms with Gasteiger partial charge in [-0.1, -0.05) is 30.3 Å². The van der Waals surface area contributed by atoms with Gasteiger partial charge in [0.25, 0.3) is 0 Å². The smallest absolute Gasteiger partial charge is 0.240 e. The number of carbonyl (C=O) groups excluding carboxylic acids is 1. The largest absolute Gasteiger partial charge is 0.301 e. The summed E-state index contributed by atoms with van der Waals surface area (Å²) in [5.74, 6) is -0.0323. The van der Waals surface area contributed by atoms with E-state index in [1.54, 1.807) is 0 Å². The minimum absolute atomic E-state index is 0.0323. The van der Waals surface area contributed by atoms with Crippen LogP contribution in [0.25, 0.3) is 11.3 Å². The molecule has 0 aliphatic heterocycles. The highest BCUT2D eigenvalue weighted by molar-refractivity contribution is 7.14. The van der Waals surface area contributed by atoms with Crippen molar-refractivity contribution in [1.29, 1.82) is 0 Å². The van der Waals surface area contributed by atoms with E-state index in [9.17, 15) is 4.79 Å². The summed E-state index contributed by atoms with van der Waals surface area (Å²) in [4.78, 5) is 18.3. The molecular formula is C15H19N3OS. The van der Waals surface area contributed by atoms with Crippen LogP contribution in [0.5, 0.6) is 0 Å². The van der Waals surface area contributed by atoms with Crippen molar-refractivity contribution in [1.82, 2.24) is 9.88 Å². The molecule has 1 heterocycles. The Morgan fingerprint density at radius 3 is 2.70 bits per heavy atom. The van der Waals surface area contributed by atoms with E-state index < -0.39 is 0 Å². The van der Waals surface area contributed by atoms with Gasteiger partial charge in [0, 0.05) is 17.0 Å². The molecule has 0 radical (unpaired) electrons. The highest BCUT2D eigenvalue weighted by atomic mass is 32.1. The predicted octanol–water partition coefficient (Wildman–Crippen LogP) is 3.09. The fourth-order valence-corrected chi connectivity index (χ4v) is 2.38. The van der Waals surface area contributed by atoms with Crippen molar-refractivity contribution in [3.05, 3.63) is 35.7 Å². The lowest BCUT2D eigenvalue weighted by molar-refractivity contribution is -0.117. The average Bonchev–Trinajstić information content (AvgIpc) is 2.88. The molecule has 1 aromatic heterocycles. The van der Waals surface area contributed by atoms with Crippen LogP contribution < -0.4 is 5.32 Å². The van der Waals surface area contributed by atoms with E-state index in [1.165, 1.54) is 11.3 Å². The maximum Gasteiger partial charge on any atom is 0.240 e. The first-order valence-electron chi connectivity index (χ1n) is 6.57.